The van der Waals surface area contributed by atoms with Crippen LogP contribution in [0, 0.1) is 11.2 Å². The molecular formula is C23H31F2N4O8P. The average molecular weight is 560 g/mol. The number of nitrogens with zero attached hydrogens (tertiary/aromatic N) is 2. The Kier molecular flexibility index (Phi) is 9.26. The maximum Gasteiger partial charge on any atom is 0.459 e. The first-order valence-corrected chi connectivity index (χ1v) is 13.3. The van der Waals surface area contributed by atoms with Gasteiger partial charge in [-0.3, -0.25) is 13.9 Å². The number of esters is 1. The predicted octanol–water partition coefficient (Wildman–Crippen LogP) is 2.33. The predicted molar refractivity (Wildman–Crippen MR) is 131 cm³/mol. The van der Waals surface area contributed by atoms with Gasteiger partial charge in [0.1, 0.15) is 11.8 Å². The second-order valence-corrected chi connectivity index (χ2v) is 11.0. The molecule has 12 nitrogen and oxygen atoms in total. The lowest BCUT2D eigenvalue weighted by molar-refractivity contribution is -0.149. The molecule has 0 bridgehead atoms. The molecule has 1 aliphatic heterocycles. The minimum Gasteiger partial charge on any atom is -0.462 e. The van der Waals surface area contributed by atoms with Gasteiger partial charge < -0.3 is 24.8 Å². The van der Waals surface area contributed by atoms with Crippen molar-refractivity contribution in [2.24, 2.45) is 5.41 Å². The number of para-hydroxylation sites is 1. The molecule has 15 heteroatoms. The van der Waals surface area contributed by atoms with Gasteiger partial charge in [0.15, 0.2) is 24.0 Å². The summed E-state index contributed by atoms with van der Waals surface area (Å²) in [4.78, 5) is 27.9. The molecule has 1 aromatic heterocycles. The van der Waals surface area contributed by atoms with Crippen molar-refractivity contribution in [3.8, 4) is 5.75 Å². The van der Waals surface area contributed by atoms with Gasteiger partial charge in [-0.05, 0) is 32.9 Å². The van der Waals surface area contributed by atoms with Gasteiger partial charge in [-0.15, -0.1) is 0 Å². The van der Waals surface area contributed by atoms with Gasteiger partial charge in [0.25, 0.3) is 0 Å². The summed E-state index contributed by atoms with van der Waals surface area (Å²) in [7, 11) is -4.38. The maximum atomic E-state index is 15.8. The number of aromatic nitrogens is 2. The zero-order valence-corrected chi connectivity index (χ0v) is 22.1. The summed E-state index contributed by atoms with van der Waals surface area (Å²) in [6.07, 6.45) is -4.84. The summed E-state index contributed by atoms with van der Waals surface area (Å²) in [6.45, 7) is 4.61. The Hall–Kier alpha value is -2.90. The number of hydrogen-bond donors (Lipinski definition) is 3. The third-order valence-electron chi connectivity index (χ3n) is 5.87. The maximum absolute atomic E-state index is 15.8. The fourth-order valence-corrected chi connectivity index (χ4v) is 5.33. The monoisotopic (exact) mass is 560 g/mol. The van der Waals surface area contributed by atoms with Crippen LogP contribution in [-0.2, 0) is 23.4 Å². The molecule has 1 aromatic carbocycles. The van der Waals surface area contributed by atoms with E-state index in [9.17, 15) is 23.7 Å². The van der Waals surface area contributed by atoms with Crippen LogP contribution in [0.3, 0.4) is 0 Å². The fourth-order valence-electron chi connectivity index (χ4n) is 3.73. The SMILES string of the molecule is CC(C)OC(=O)[C@H](C)NP(=O)(OCC1(C)C(F)[C@@H](n2cc(F)c(N)nc2=O)O[C@@H]1CO)Oc1ccccc1. The molecule has 1 aliphatic rings. The van der Waals surface area contributed by atoms with Crippen LogP contribution in [0.5, 0.6) is 5.75 Å². The van der Waals surface area contributed by atoms with Crippen LogP contribution >= 0.6 is 7.75 Å². The Morgan fingerprint density at radius 2 is 2.00 bits per heavy atom. The number of carbonyl (C=O) groups is 1. The molecule has 4 N–H and O–H groups in total. The molecule has 6 atom stereocenters. The number of nitrogens with one attached hydrogen (secondary N) is 1. The number of aliphatic hydroxyl groups is 1. The number of nitrogens with two attached hydrogens (primary N) is 1. The minimum atomic E-state index is -4.38. The van der Waals surface area contributed by atoms with E-state index in [2.05, 4.69) is 10.1 Å². The number of alkyl halides is 1. The van der Waals surface area contributed by atoms with E-state index in [1.165, 1.54) is 26.0 Å². The molecule has 38 heavy (non-hydrogen) atoms. The van der Waals surface area contributed by atoms with Crippen LogP contribution in [-0.4, -0.2) is 58.3 Å². The largest absolute Gasteiger partial charge is 0.462 e. The highest BCUT2D eigenvalue weighted by Gasteiger charge is 2.56. The van der Waals surface area contributed by atoms with Gasteiger partial charge in [0.05, 0.1) is 37.0 Å². The minimum absolute atomic E-state index is 0.129. The first-order valence-electron chi connectivity index (χ1n) is 11.7. The smallest absolute Gasteiger partial charge is 0.459 e. The quantitative estimate of drug-likeness (QED) is 0.273. The molecule has 0 spiro atoms. The Bertz CT molecular complexity index is 1230. The molecule has 2 heterocycles. The first-order chi connectivity index (χ1) is 17.8. The van der Waals surface area contributed by atoms with Crippen molar-refractivity contribution in [1.29, 1.82) is 0 Å². The summed E-state index contributed by atoms with van der Waals surface area (Å²) in [5, 5.41) is 12.4. The molecule has 1 fully saturated rings. The lowest BCUT2D eigenvalue weighted by Gasteiger charge is -2.32. The van der Waals surface area contributed by atoms with Crippen LogP contribution in [0.1, 0.15) is 33.9 Å². The second-order valence-electron chi connectivity index (χ2n) is 9.28. The topological polar surface area (TPSA) is 164 Å². The van der Waals surface area contributed by atoms with Crippen LogP contribution in [0.4, 0.5) is 14.6 Å². The fraction of sp³-hybridized carbons (Fsp3) is 0.522. The molecular weight excluding hydrogens is 529 g/mol. The van der Waals surface area contributed by atoms with Crippen LogP contribution in [0.2, 0.25) is 0 Å². The highest BCUT2D eigenvalue weighted by atomic mass is 31.2. The highest BCUT2D eigenvalue weighted by molar-refractivity contribution is 7.52. The summed E-state index contributed by atoms with van der Waals surface area (Å²) in [6, 6.07) is 6.77. The Labute approximate surface area is 217 Å². The van der Waals surface area contributed by atoms with Crippen LogP contribution < -0.4 is 21.0 Å². The summed E-state index contributed by atoms with van der Waals surface area (Å²) in [5.74, 6) is -2.34. The number of ether oxygens (including phenoxy) is 2. The highest BCUT2D eigenvalue weighted by Crippen LogP contribution is 2.51. The molecule has 1 saturated heterocycles. The average Bonchev–Trinajstić information content (AvgIpc) is 3.10. The Balaban J connectivity index is 1.87. The van der Waals surface area contributed by atoms with E-state index >= 15 is 4.39 Å². The van der Waals surface area contributed by atoms with Crippen molar-refractivity contribution in [3.63, 3.8) is 0 Å². The van der Waals surface area contributed by atoms with Crippen molar-refractivity contribution in [3.05, 3.63) is 52.8 Å². The number of halogens is 2. The molecule has 2 aromatic rings. The second kappa shape index (κ2) is 11.9. The van der Waals surface area contributed by atoms with Crippen molar-refractivity contribution < 1.29 is 41.8 Å². The van der Waals surface area contributed by atoms with Crippen LogP contribution in [0.15, 0.2) is 41.3 Å². The number of rotatable bonds is 11. The number of benzene rings is 1. The lowest BCUT2D eigenvalue weighted by atomic mass is 9.82. The lowest BCUT2D eigenvalue weighted by Crippen LogP contribution is -2.43. The molecule has 3 unspecified atom stereocenters. The summed E-state index contributed by atoms with van der Waals surface area (Å²) >= 11 is 0. The number of hydrogen-bond acceptors (Lipinski definition) is 10. The van der Waals surface area contributed by atoms with Crippen molar-refractivity contribution in [1.82, 2.24) is 14.6 Å². The number of nitrogen functional groups attached to an aromatic ring is 1. The van der Waals surface area contributed by atoms with Gasteiger partial charge >= 0.3 is 19.4 Å². The van der Waals surface area contributed by atoms with E-state index in [0.717, 1.165) is 0 Å². The molecule has 0 aliphatic carbocycles. The third-order valence-corrected chi connectivity index (χ3v) is 7.49. The van der Waals surface area contributed by atoms with Crippen LogP contribution in [0.25, 0.3) is 0 Å². The molecule has 0 saturated carbocycles. The van der Waals surface area contributed by atoms with Gasteiger partial charge in [-0.25, -0.2) is 18.1 Å². The standard InChI is InChI=1S/C23H31F2N4O8P/c1-13(2)35-21(31)14(3)28-38(33,37-15-8-6-5-7-9-15)34-12-23(4)17(11-30)36-20(18(23)25)29-10-16(24)19(26)27-22(29)32/h5-10,13-14,17-18,20,30H,11-12H2,1-4H3,(H,28,33)(H2,26,27,32)/t14-,17+,18?,20-,23?,38?/m0/s1. The Morgan fingerprint density at radius 1 is 1.34 bits per heavy atom. The summed E-state index contributed by atoms with van der Waals surface area (Å²) in [5.41, 5.74) is 2.51. The number of aliphatic hydroxyl groups excluding tert-OH is 1. The van der Waals surface area contributed by atoms with E-state index in [0.29, 0.717) is 10.8 Å². The van der Waals surface area contributed by atoms with Crippen molar-refractivity contribution in [2.75, 3.05) is 18.9 Å². The van der Waals surface area contributed by atoms with Crippen molar-refractivity contribution >= 4 is 19.5 Å². The van der Waals surface area contributed by atoms with E-state index in [-0.39, 0.29) is 5.75 Å². The zero-order chi connectivity index (χ0) is 28.3. The van der Waals surface area contributed by atoms with E-state index in [1.54, 1.807) is 32.0 Å². The third kappa shape index (κ3) is 6.56. The normalized spacial score (nSPS) is 25.6. The molecule has 0 amide bonds. The number of carbonyl (C=O) groups excluding carboxylic acids is 1. The van der Waals surface area contributed by atoms with E-state index in [1.807, 2.05) is 0 Å². The Morgan fingerprint density at radius 3 is 2.61 bits per heavy atom. The van der Waals surface area contributed by atoms with E-state index in [4.69, 9.17) is 24.3 Å². The zero-order valence-electron chi connectivity index (χ0n) is 21.2. The van der Waals surface area contributed by atoms with Gasteiger partial charge in [-0.2, -0.15) is 10.1 Å². The summed E-state index contributed by atoms with van der Waals surface area (Å²) < 4.78 is 66.0. The molecule has 210 valence electrons. The molecule has 0 radical (unpaired) electrons. The van der Waals surface area contributed by atoms with Gasteiger partial charge in [-0.1, -0.05) is 25.1 Å². The van der Waals surface area contributed by atoms with Gasteiger partial charge in [0.2, 0.25) is 0 Å². The van der Waals surface area contributed by atoms with E-state index < -0.39 is 80.3 Å². The first kappa shape index (κ1) is 29.7. The molecule has 3 rings (SSSR count). The van der Waals surface area contributed by atoms with Crippen molar-refractivity contribution in [2.45, 2.75) is 58.3 Å². The number of anilines is 1. The van der Waals surface area contributed by atoms with Gasteiger partial charge in [0, 0.05) is 0 Å².